The van der Waals surface area contributed by atoms with E-state index in [0.29, 0.717) is 0 Å². The molecule has 2 nitrogen and oxygen atoms in total. The van der Waals surface area contributed by atoms with Crippen LogP contribution in [0.15, 0.2) is 36.9 Å². The molecule has 1 N–H and O–H groups in total. The van der Waals surface area contributed by atoms with Gasteiger partial charge >= 0.3 is 0 Å². The van der Waals surface area contributed by atoms with E-state index in [1.165, 1.54) is 5.69 Å². The van der Waals surface area contributed by atoms with Crippen LogP contribution in [0.25, 0.3) is 0 Å². The molecule has 2 heteroatoms. The topological polar surface area (TPSA) is 23.5 Å². The molecule has 0 bridgehead atoms. The minimum atomic E-state index is -0.344. The van der Waals surface area contributed by atoms with Gasteiger partial charge in [-0.15, -0.1) is 6.58 Å². The molecular formula is C15H23NO. The van der Waals surface area contributed by atoms with Crippen molar-refractivity contribution in [3.63, 3.8) is 0 Å². The van der Waals surface area contributed by atoms with Crippen LogP contribution in [0.1, 0.15) is 38.4 Å². The van der Waals surface area contributed by atoms with Crippen LogP contribution in [0.2, 0.25) is 0 Å². The highest BCUT2D eigenvalue weighted by atomic mass is 16.3. The Morgan fingerprint density at radius 1 is 1.29 bits per heavy atom. The number of hydrogen-bond acceptors (Lipinski definition) is 2. The van der Waals surface area contributed by atoms with E-state index in [2.05, 4.69) is 30.5 Å². The summed E-state index contributed by atoms with van der Waals surface area (Å²) in [4.78, 5) is 2.29. The first-order valence-corrected chi connectivity index (χ1v) is 6.36. The van der Waals surface area contributed by atoms with E-state index < -0.39 is 0 Å². The standard InChI is InChI=1S/C15H23NO/c1-4-11-16(12-5-2)14-9-7-13(8-10-14)15(17)6-3/h4,7-10,15,17H,1,5-6,11-12H2,2-3H3/t15-/m0/s1. The van der Waals surface area contributed by atoms with Gasteiger partial charge in [0.25, 0.3) is 0 Å². The van der Waals surface area contributed by atoms with Crippen LogP contribution in [0, 0.1) is 0 Å². The molecular weight excluding hydrogens is 210 g/mol. The Morgan fingerprint density at radius 3 is 2.41 bits per heavy atom. The van der Waals surface area contributed by atoms with Gasteiger partial charge in [-0.25, -0.2) is 0 Å². The van der Waals surface area contributed by atoms with Crippen molar-refractivity contribution in [1.29, 1.82) is 0 Å². The number of rotatable bonds is 7. The van der Waals surface area contributed by atoms with Gasteiger partial charge in [0.2, 0.25) is 0 Å². The highest BCUT2D eigenvalue weighted by Crippen LogP contribution is 2.21. The van der Waals surface area contributed by atoms with Crippen molar-refractivity contribution in [3.05, 3.63) is 42.5 Å². The summed E-state index contributed by atoms with van der Waals surface area (Å²) in [6.45, 7) is 9.84. The van der Waals surface area contributed by atoms with E-state index in [1.807, 2.05) is 25.1 Å². The van der Waals surface area contributed by atoms with E-state index in [-0.39, 0.29) is 6.10 Å². The van der Waals surface area contributed by atoms with Crippen LogP contribution < -0.4 is 4.90 Å². The van der Waals surface area contributed by atoms with Crippen LogP contribution in [0.5, 0.6) is 0 Å². The fourth-order valence-electron chi connectivity index (χ4n) is 1.89. The lowest BCUT2D eigenvalue weighted by Crippen LogP contribution is -2.23. The first-order valence-electron chi connectivity index (χ1n) is 6.36. The Bertz CT molecular complexity index is 331. The zero-order chi connectivity index (χ0) is 12.7. The maximum Gasteiger partial charge on any atom is 0.0787 e. The third-order valence-electron chi connectivity index (χ3n) is 2.87. The molecule has 0 aromatic heterocycles. The Morgan fingerprint density at radius 2 is 1.94 bits per heavy atom. The fraction of sp³-hybridized carbons (Fsp3) is 0.467. The van der Waals surface area contributed by atoms with Gasteiger partial charge < -0.3 is 10.0 Å². The summed E-state index contributed by atoms with van der Waals surface area (Å²) in [5, 5.41) is 9.74. The van der Waals surface area contributed by atoms with Gasteiger partial charge in [-0.2, -0.15) is 0 Å². The Labute approximate surface area is 105 Å². The van der Waals surface area contributed by atoms with Crippen molar-refractivity contribution in [2.75, 3.05) is 18.0 Å². The molecule has 0 heterocycles. The monoisotopic (exact) mass is 233 g/mol. The van der Waals surface area contributed by atoms with Gasteiger partial charge in [-0.05, 0) is 30.5 Å². The predicted octanol–water partition coefficient (Wildman–Crippen LogP) is 3.53. The molecule has 94 valence electrons. The Balaban J connectivity index is 2.79. The number of nitrogens with zero attached hydrogens (tertiary/aromatic N) is 1. The molecule has 1 rings (SSSR count). The molecule has 0 aliphatic heterocycles. The second-order valence-electron chi connectivity index (χ2n) is 4.25. The van der Waals surface area contributed by atoms with Crippen LogP contribution in [-0.4, -0.2) is 18.2 Å². The van der Waals surface area contributed by atoms with Gasteiger partial charge in [0.1, 0.15) is 0 Å². The smallest absolute Gasteiger partial charge is 0.0787 e. The average molecular weight is 233 g/mol. The molecule has 0 unspecified atom stereocenters. The van der Waals surface area contributed by atoms with Gasteiger partial charge in [0.05, 0.1) is 6.10 Å². The molecule has 1 aromatic carbocycles. The van der Waals surface area contributed by atoms with E-state index in [0.717, 1.165) is 31.5 Å². The first-order chi connectivity index (χ1) is 8.22. The number of aliphatic hydroxyl groups excluding tert-OH is 1. The number of hydrogen-bond donors (Lipinski definition) is 1. The van der Waals surface area contributed by atoms with Crippen LogP contribution >= 0.6 is 0 Å². The minimum absolute atomic E-state index is 0.344. The third-order valence-corrected chi connectivity index (χ3v) is 2.87. The summed E-state index contributed by atoms with van der Waals surface area (Å²) in [6, 6.07) is 8.17. The third kappa shape index (κ3) is 3.90. The summed E-state index contributed by atoms with van der Waals surface area (Å²) in [5.74, 6) is 0. The Kier molecular flexibility index (Phi) is 5.78. The molecule has 17 heavy (non-hydrogen) atoms. The number of benzene rings is 1. The van der Waals surface area contributed by atoms with Crippen molar-refractivity contribution in [2.24, 2.45) is 0 Å². The molecule has 0 spiro atoms. The lowest BCUT2D eigenvalue weighted by molar-refractivity contribution is 0.173. The van der Waals surface area contributed by atoms with Crippen LogP contribution in [-0.2, 0) is 0 Å². The number of anilines is 1. The summed E-state index contributed by atoms with van der Waals surface area (Å²) < 4.78 is 0. The van der Waals surface area contributed by atoms with E-state index in [4.69, 9.17) is 0 Å². The van der Waals surface area contributed by atoms with Crippen LogP contribution in [0.4, 0.5) is 5.69 Å². The lowest BCUT2D eigenvalue weighted by atomic mass is 10.1. The lowest BCUT2D eigenvalue weighted by Gasteiger charge is -2.23. The highest BCUT2D eigenvalue weighted by Gasteiger charge is 2.07. The normalized spacial score (nSPS) is 12.2. The number of aliphatic hydroxyl groups is 1. The Hall–Kier alpha value is -1.28. The molecule has 1 atom stereocenters. The summed E-state index contributed by atoms with van der Waals surface area (Å²) in [5.41, 5.74) is 2.19. The highest BCUT2D eigenvalue weighted by molar-refractivity contribution is 5.48. The second kappa shape index (κ2) is 7.13. The molecule has 0 aliphatic carbocycles. The van der Waals surface area contributed by atoms with Crippen LogP contribution in [0.3, 0.4) is 0 Å². The van der Waals surface area contributed by atoms with Crippen molar-refractivity contribution in [1.82, 2.24) is 0 Å². The minimum Gasteiger partial charge on any atom is -0.388 e. The maximum absolute atomic E-state index is 9.74. The fourth-order valence-corrected chi connectivity index (χ4v) is 1.89. The van der Waals surface area contributed by atoms with Gasteiger partial charge in [-0.1, -0.05) is 32.1 Å². The molecule has 0 fully saturated rings. The van der Waals surface area contributed by atoms with E-state index in [9.17, 15) is 5.11 Å². The molecule has 0 saturated heterocycles. The predicted molar refractivity (Wildman–Crippen MR) is 74.4 cm³/mol. The van der Waals surface area contributed by atoms with Gasteiger partial charge in [-0.3, -0.25) is 0 Å². The van der Waals surface area contributed by atoms with Gasteiger partial charge in [0.15, 0.2) is 0 Å². The molecule has 1 aromatic rings. The van der Waals surface area contributed by atoms with Crippen molar-refractivity contribution in [3.8, 4) is 0 Å². The zero-order valence-electron chi connectivity index (χ0n) is 10.9. The largest absolute Gasteiger partial charge is 0.388 e. The summed E-state index contributed by atoms with van der Waals surface area (Å²) in [6.07, 6.45) is 3.45. The van der Waals surface area contributed by atoms with Crippen molar-refractivity contribution >= 4 is 5.69 Å². The molecule has 0 saturated carbocycles. The summed E-state index contributed by atoms with van der Waals surface area (Å²) in [7, 11) is 0. The summed E-state index contributed by atoms with van der Waals surface area (Å²) >= 11 is 0. The second-order valence-corrected chi connectivity index (χ2v) is 4.25. The average Bonchev–Trinajstić information content (AvgIpc) is 2.38. The van der Waals surface area contributed by atoms with E-state index >= 15 is 0 Å². The molecule has 0 amide bonds. The van der Waals surface area contributed by atoms with Crippen molar-refractivity contribution < 1.29 is 5.11 Å². The maximum atomic E-state index is 9.74. The zero-order valence-corrected chi connectivity index (χ0v) is 10.9. The first kappa shape index (κ1) is 13.8. The molecule has 0 aliphatic rings. The quantitative estimate of drug-likeness (QED) is 0.728. The SMILES string of the molecule is C=CCN(CCC)c1ccc([C@@H](O)CC)cc1. The van der Waals surface area contributed by atoms with Gasteiger partial charge in [0, 0.05) is 18.8 Å². The molecule has 0 radical (unpaired) electrons. The van der Waals surface area contributed by atoms with Crippen molar-refractivity contribution in [2.45, 2.75) is 32.8 Å². The van der Waals surface area contributed by atoms with E-state index in [1.54, 1.807) is 0 Å².